The van der Waals surface area contributed by atoms with Crippen molar-refractivity contribution in [2.75, 3.05) is 14.2 Å². The number of ether oxygens (including phenoxy) is 1. The van der Waals surface area contributed by atoms with Crippen LogP contribution in [0.5, 0.6) is 5.75 Å². The zero-order valence-electron chi connectivity index (χ0n) is 16.8. The second kappa shape index (κ2) is 9.85. The van der Waals surface area contributed by atoms with Gasteiger partial charge in [-0.15, -0.1) is 0 Å². The van der Waals surface area contributed by atoms with E-state index in [1.165, 1.54) is 5.56 Å². The first-order valence-electron chi connectivity index (χ1n) is 9.78. The van der Waals surface area contributed by atoms with Crippen molar-refractivity contribution in [2.24, 2.45) is 0 Å². The van der Waals surface area contributed by atoms with Gasteiger partial charge < -0.3 is 15.0 Å². The molecule has 0 heterocycles. The van der Waals surface area contributed by atoms with Crippen molar-refractivity contribution in [1.82, 2.24) is 10.2 Å². The number of carbonyl (C=O) groups is 2. The Morgan fingerprint density at radius 3 is 2.32 bits per heavy atom. The van der Waals surface area contributed by atoms with Gasteiger partial charge >= 0.3 is 5.92 Å². The Morgan fingerprint density at radius 1 is 1.18 bits per heavy atom. The SMILES string of the molecule is COc1ccc(CCCC(=O)N(C)C2CCC(NC(=O)C(C)(F)F)CC2)cc1. The molecule has 1 aromatic carbocycles. The molecule has 0 atom stereocenters. The predicted molar refractivity (Wildman–Crippen MR) is 104 cm³/mol. The number of hydrogen-bond donors (Lipinski definition) is 1. The summed E-state index contributed by atoms with van der Waals surface area (Å²) < 4.78 is 31.1. The van der Waals surface area contributed by atoms with Crippen LogP contribution in [0.4, 0.5) is 8.78 Å². The number of nitrogens with zero attached hydrogens (tertiary/aromatic N) is 1. The Hall–Kier alpha value is -2.18. The highest BCUT2D eigenvalue weighted by Crippen LogP contribution is 2.24. The molecule has 0 radical (unpaired) electrons. The van der Waals surface area contributed by atoms with Gasteiger partial charge in [0, 0.05) is 32.5 Å². The van der Waals surface area contributed by atoms with Crippen LogP contribution in [0.3, 0.4) is 0 Å². The number of alkyl halides is 2. The summed E-state index contributed by atoms with van der Waals surface area (Å²) >= 11 is 0. The Balaban J connectivity index is 1.71. The minimum Gasteiger partial charge on any atom is -0.497 e. The fourth-order valence-corrected chi connectivity index (χ4v) is 3.54. The molecule has 1 saturated carbocycles. The molecular formula is C21H30F2N2O3. The lowest BCUT2D eigenvalue weighted by Gasteiger charge is -2.35. The van der Waals surface area contributed by atoms with Crippen LogP contribution in [-0.2, 0) is 16.0 Å². The van der Waals surface area contributed by atoms with E-state index in [0.29, 0.717) is 39.0 Å². The van der Waals surface area contributed by atoms with Crippen LogP contribution in [0, 0.1) is 0 Å². The second-order valence-electron chi connectivity index (χ2n) is 7.57. The van der Waals surface area contributed by atoms with Crippen LogP contribution in [-0.4, -0.2) is 48.9 Å². The number of aryl methyl sites for hydroxylation is 1. The summed E-state index contributed by atoms with van der Waals surface area (Å²) in [4.78, 5) is 25.6. The summed E-state index contributed by atoms with van der Waals surface area (Å²) in [6, 6.07) is 7.69. The first-order chi connectivity index (χ1) is 13.2. The number of amides is 2. The van der Waals surface area contributed by atoms with Gasteiger partial charge in [-0.05, 0) is 56.2 Å². The van der Waals surface area contributed by atoms with Gasteiger partial charge in [0.1, 0.15) is 5.75 Å². The van der Waals surface area contributed by atoms with Crippen molar-refractivity contribution >= 4 is 11.8 Å². The number of nitrogens with one attached hydrogen (secondary N) is 1. The van der Waals surface area contributed by atoms with Crippen molar-refractivity contribution < 1.29 is 23.1 Å². The van der Waals surface area contributed by atoms with Crippen LogP contribution in [0.15, 0.2) is 24.3 Å². The third-order valence-electron chi connectivity index (χ3n) is 5.39. The third-order valence-corrected chi connectivity index (χ3v) is 5.39. The first kappa shape index (κ1) is 22.1. The number of halogens is 2. The second-order valence-corrected chi connectivity index (χ2v) is 7.57. The van der Waals surface area contributed by atoms with Crippen LogP contribution < -0.4 is 10.1 Å². The van der Waals surface area contributed by atoms with E-state index in [1.807, 2.05) is 24.3 Å². The smallest absolute Gasteiger partial charge is 0.321 e. The van der Waals surface area contributed by atoms with Gasteiger partial charge in [0.05, 0.1) is 7.11 Å². The highest BCUT2D eigenvalue weighted by molar-refractivity contribution is 5.83. The van der Waals surface area contributed by atoms with Gasteiger partial charge in [-0.1, -0.05) is 12.1 Å². The number of benzene rings is 1. The number of carbonyl (C=O) groups excluding carboxylic acids is 2. The maximum atomic E-state index is 13.0. The third kappa shape index (κ3) is 6.46. The molecule has 28 heavy (non-hydrogen) atoms. The highest BCUT2D eigenvalue weighted by Gasteiger charge is 2.35. The fraction of sp³-hybridized carbons (Fsp3) is 0.619. The molecule has 156 valence electrons. The predicted octanol–water partition coefficient (Wildman–Crippen LogP) is 3.56. The summed E-state index contributed by atoms with van der Waals surface area (Å²) in [5.74, 6) is -3.66. The molecule has 0 spiro atoms. The number of hydrogen-bond acceptors (Lipinski definition) is 3. The lowest BCUT2D eigenvalue weighted by molar-refractivity contribution is -0.144. The molecule has 5 nitrogen and oxygen atoms in total. The molecule has 7 heteroatoms. The molecular weight excluding hydrogens is 366 g/mol. The van der Waals surface area contributed by atoms with E-state index in [1.54, 1.807) is 19.1 Å². The summed E-state index contributed by atoms with van der Waals surface area (Å²) in [6.45, 7) is 0.604. The van der Waals surface area contributed by atoms with E-state index < -0.39 is 11.8 Å². The van der Waals surface area contributed by atoms with Crippen molar-refractivity contribution in [1.29, 1.82) is 0 Å². The molecule has 1 aliphatic carbocycles. The monoisotopic (exact) mass is 396 g/mol. The molecule has 1 aliphatic rings. The molecule has 0 unspecified atom stereocenters. The Bertz CT molecular complexity index is 651. The quantitative estimate of drug-likeness (QED) is 0.731. The Kier molecular flexibility index (Phi) is 7.78. The molecule has 1 aromatic rings. The van der Waals surface area contributed by atoms with Crippen LogP contribution >= 0.6 is 0 Å². The summed E-state index contributed by atoms with van der Waals surface area (Å²) in [5, 5.41) is 2.41. The van der Waals surface area contributed by atoms with Gasteiger partial charge in [0.15, 0.2) is 0 Å². The Labute approximate surface area is 165 Å². The summed E-state index contributed by atoms with van der Waals surface area (Å²) in [6.07, 6.45) is 4.70. The number of rotatable bonds is 8. The van der Waals surface area contributed by atoms with Crippen LogP contribution in [0.25, 0.3) is 0 Å². The average Bonchev–Trinajstić information content (AvgIpc) is 2.67. The molecule has 0 aromatic heterocycles. The van der Waals surface area contributed by atoms with Gasteiger partial charge in [0.25, 0.3) is 5.91 Å². The molecule has 2 amide bonds. The van der Waals surface area contributed by atoms with Gasteiger partial charge in [-0.25, -0.2) is 0 Å². The van der Waals surface area contributed by atoms with Crippen molar-refractivity contribution in [3.8, 4) is 5.75 Å². The average molecular weight is 396 g/mol. The first-order valence-corrected chi connectivity index (χ1v) is 9.78. The van der Waals surface area contributed by atoms with E-state index in [-0.39, 0.29) is 18.0 Å². The van der Waals surface area contributed by atoms with E-state index in [4.69, 9.17) is 4.74 Å². The normalized spacial score (nSPS) is 19.8. The van der Waals surface area contributed by atoms with Crippen molar-refractivity contribution in [3.05, 3.63) is 29.8 Å². The summed E-state index contributed by atoms with van der Waals surface area (Å²) in [7, 11) is 3.43. The zero-order valence-corrected chi connectivity index (χ0v) is 16.8. The minimum absolute atomic E-state index is 0.0982. The lowest BCUT2D eigenvalue weighted by Crippen LogP contribution is -2.48. The van der Waals surface area contributed by atoms with Crippen molar-refractivity contribution in [3.63, 3.8) is 0 Å². The Morgan fingerprint density at radius 2 is 1.79 bits per heavy atom. The van der Waals surface area contributed by atoms with Gasteiger partial charge in [0.2, 0.25) is 5.91 Å². The largest absolute Gasteiger partial charge is 0.497 e. The minimum atomic E-state index is -3.35. The van der Waals surface area contributed by atoms with Gasteiger partial charge in [-0.2, -0.15) is 8.78 Å². The molecule has 0 aliphatic heterocycles. The van der Waals surface area contributed by atoms with E-state index in [0.717, 1.165) is 18.6 Å². The summed E-state index contributed by atoms with van der Waals surface area (Å²) in [5.41, 5.74) is 1.17. The van der Waals surface area contributed by atoms with Crippen molar-refractivity contribution in [2.45, 2.75) is 69.9 Å². The van der Waals surface area contributed by atoms with Crippen LogP contribution in [0.2, 0.25) is 0 Å². The highest BCUT2D eigenvalue weighted by atomic mass is 19.3. The maximum Gasteiger partial charge on any atom is 0.321 e. The lowest BCUT2D eigenvalue weighted by atomic mass is 9.90. The van der Waals surface area contributed by atoms with Crippen LogP contribution in [0.1, 0.15) is 51.0 Å². The van der Waals surface area contributed by atoms with Gasteiger partial charge in [-0.3, -0.25) is 9.59 Å². The fourth-order valence-electron chi connectivity index (χ4n) is 3.54. The molecule has 0 saturated heterocycles. The molecule has 1 N–H and O–H groups in total. The standard InChI is InChI=1S/C21H30F2N2O3/c1-21(22,23)20(27)24-16-9-11-17(12-10-16)25(2)19(26)6-4-5-15-7-13-18(28-3)14-8-15/h7-8,13-14,16-17H,4-6,9-12H2,1-3H3,(H,24,27). The molecule has 1 fully saturated rings. The number of methoxy groups -OCH3 is 1. The topological polar surface area (TPSA) is 58.6 Å². The zero-order chi connectivity index (χ0) is 20.7. The van der Waals surface area contributed by atoms with E-state index in [2.05, 4.69) is 5.32 Å². The molecule has 2 rings (SSSR count). The van der Waals surface area contributed by atoms with E-state index in [9.17, 15) is 18.4 Å². The maximum absolute atomic E-state index is 13.0. The van der Waals surface area contributed by atoms with E-state index >= 15 is 0 Å². The molecule has 0 bridgehead atoms.